The van der Waals surface area contributed by atoms with Crippen molar-refractivity contribution in [3.05, 3.63) is 29.8 Å². The van der Waals surface area contributed by atoms with Crippen LogP contribution in [0, 0.1) is 0 Å². The number of hydroxylamine groups is 1. The van der Waals surface area contributed by atoms with E-state index in [0.717, 1.165) is 5.56 Å². The van der Waals surface area contributed by atoms with E-state index in [0.29, 0.717) is 23.2 Å². The predicted molar refractivity (Wildman–Crippen MR) is 52.2 cm³/mol. The number of thioether (sulfide) groups is 1. The summed E-state index contributed by atoms with van der Waals surface area (Å²) in [5, 5.41) is 0. The Hall–Kier alpha value is -0.650. The molecule has 0 aromatic heterocycles. The summed E-state index contributed by atoms with van der Waals surface area (Å²) in [5.41, 5.74) is 3.56. The zero-order valence-corrected chi connectivity index (χ0v) is 8.48. The molecule has 0 spiro atoms. The van der Waals surface area contributed by atoms with Crippen LogP contribution in [-0.2, 0) is 11.4 Å². The number of alkyl halides is 2. The fraction of sp³-hybridized carbons (Fsp3) is 0.333. The summed E-state index contributed by atoms with van der Waals surface area (Å²) in [4.78, 5) is 5.23. The minimum absolute atomic E-state index is 0.508. The van der Waals surface area contributed by atoms with Crippen LogP contribution >= 0.6 is 11.8 Å². The average molecular weight is 219 g/mol. The van der Waals surface area contributed by atoms with E-state index < -0.39 is 5.76 Å². The van der Waals surface area contributed by atoms with E-state index in [2.05, 4.69) is 10.3 Å². The third-order valence-electron chi connectivity index (χ3n) is 1.54. The minimum Gasteiger partial charge on any atom is -0.305 e. The Morgan fingerprint density at radius 2 is 2.29 bits per heavy atom. The topological polar surface area (TPSA) is 21.3 Å². The molecule has 5 heteroatoms. The van der Waals surface area contributed by atoms with Crippen LogP contribution < -0.4 is 5.48 Å². The fourth-order valence-corrected chi connectivity index (χ4v) is 1.57. The molecule has 0 atom stereocenters. The summed E-state index contributed by atoms with van der Waals surface area (Å²) in [6, 6.07) is 6.97. The molecule has 78 valence electrons. The second-order valence-electron chi connectivity index (χ2n) is 2.55. The highest BCUT2D eigenvalue weighted by Gasteiger charge is 2.05. The summed E-state index contributed by atoms with van der Waals surface area (Å²) in [6.07, 6.45) is 0. The molecule has 0 radical (unpaired) electrons. The lowest BCUT2D eigenvalue weighted by Gasteiger charge is -2.04. The van der Waals surface area contributed by atoms with Gasteiger partial charge in [0.2, 0.25) is 0 Å². The van der Waals surface area contributed by atoms with Gasteiger partial charge in [-0.15, -0.1) is 0 Å². The Morgan fingerprint density at radius 1 is 1.50 bits per heavy atom. The highest BCUT2D eigenvalue weighted by atomic mass is 32.2. The van der Waals surface area contributed by atoms with E-state index in [1.54, 1.807) is 18.2 Å². The lowest BCUT2D eigenvalue weighted by Crippen LogP contribution is -2.10. The molecule has 0 heterocycles. The van der Waals surface area contributed by atoms with Gasteiger partial charge in [-0.1, -0.05) is 23.9 Å². The van der Waals surface area contributed by atoms with Crippen LogP contribution in [0.3, 0.4) is 0 Å². The number of hydrogen-bond acceptors (Lipinski definition) is 3. The normalized spacial score (nSPS) is 10.9. The van der Waals surface area contributed by atoms with Crippen LogP contribution in [-0.4, -0.2) is 12.9 Å². The van der Waals surface area contributed by atoms with E-state index >= 15 is 0 Å². The van der Waals surface area contributed by atoms with Crippen LogP contribution in [0.2, 0.25) is 0 Å². The van der Waals surface area contributed by atoms with Crippen LogP contribution in [0.1, 0.15) is 5.56 Å². The van der Waals surface area contributed by atoms with Crippen LogP contribution in [0.5, 0.6) is 0 Å². The Kier molecular flexibility index (Phi) is 4.86. The molecule has 1 aromatic rings. The lowest BCUT2D eigenvalue weighted by atomic mass is 10.2. The van der Waals surface area contributed by atoms with E-state index in [9.17, 15) is 8.78 Å². The average Bonchev–Trinajstić information content (AvgIpc) is 2.14. The van der Waals surface area contributed by atoms with Crippen LogP contribution in [0.15, 0.2) is 29.2 Å². The molecule has 0 aliphatic heterocycles. The standard InChI is InChI=1S/C9H11F2NOS/c1-13-12-6-7-3-2-4-8(5-7)14-9(10)11/h2-5,9,12H,6H2,1H3. The highest BCUT2D eigenvalue weighted by Crippen LogP contribution is 2.25. The maximum Gasteiger partial charge on any atom is 0.288 e. The van der Waals surface area contributed by atoms with Crippen molar-refractivity contribution < 1.29 is 13.6 Å². The summed E-state index contributed by atoms with van der Waals surface area (Å²) < 4.78 is 24.1. The van der Waals surface area contributed by atoms with Crippen molar-refractivity contribution in [1.29, 1.82) is 0 Å². The number of rotatable bonds is 5. The Morgan fingerprint density at radius 3 is 2.93 bits per heavy atom. The fourth-order valence-electron chi connectivity index (χ4n) is 0.987. The number of halogens is 2. The first-order valence-corrected chi connectivity index (χ1v) is 4.90. The smallest absolute Gasteiger partial charge is 0.288 e. The first-order valence-electron chi connectivity index (χ1n) is 4.02. The maximum atomic E-state index is 12.0. The zero-order valence-electron chi connectivity index (χ0n) is 7.67. The molecule has 0 unspecified atom stereocenters. The van der Waals surface area contributed by atoms with Gasteiger partial charge in [-0.2, -0.15) is 14.3 Å². The number of benzene rings is 1. The van der Waals surface area contributed by atoms with Crippen LogP contribution in [0.25, 0.3) is 0 Å². The molecule has 1 N–H and O–H groups in total. The van der Waals surface area contributed by atoms with Gasteiger partial charge in [0, 0.05) is 11.4 Å². The van der Waals surface area contributed by atoms with Crippen molar-refractivity contribution in [1.82, 2.24) is 5.48 Å². The summed E-state index contributed by atoms with van der Waals surface area (Å²) in [6.45, 7) is 0.508. The van der Waals surface area contributed by atoms with E-state index in [1.807, 2.05) is 6.07 Å². The Labute approximate surface area is 85.6 Å². The van der Waals surface area contributed by atoms with Gasteiger partial charge in [0.25, 0.3) is 5.76 Å². The predicted octanol–water partition coefficient (Wildman–Crippen LogP) is 2.65. The lowest BCUT2D eigenvalue weighted by molar-refractivity contribution is 0.0867. The van der Waals surface area contributed by atoms with Gasteiger partial charge >= 0.3 is 0 Å². The first kappa shape index (κ1) is 11.4. The second kappa shape index (κ2) is 5.95. The molecular formula is C9H11F2NOS. The highest BCUT2D eigenvalue weighted by molar-refractivity contribution is 7.99. The van der Waals surface area contributed by atoms with E-state index in [4.69, 9.17) is 0 Å². The minimum atomic E-state index is -2.37. The van der Waals surface area contributed by atoms with Gasteiger partial charge in [0.05, 0.1) is 7.11 Å². The zero-order chi connectivity index (χ0) is 10.4. The molecule has 0 saturated carbocycles. The quantitative estimate of drug-likeness (QED) is 0.607. The molecule has 0 fully saturated rings. The monoisotopic (exact) mass is 219 g/mol. The van der Waals surface area contributed by atoms with Crippen molar-refractivity contribution in [2.75, 3.05) is 7.11 Å². The maximum absolute atomic E-state index is 12.0. The number of hydrogen-bond donors (Lipinski definition) is 1. The molecular weight excluding hydrogens is 208 g/mol. The van der Waals surface area contributed by atoms with E-state index in [1.165, 1.54) is 7.11 Å². The molecule has 0 saturated heterocycles. The molecule has 2 nitrogen and oxygen atoms in total. The largest absolute Gasteiger partial charge is 0.305 e. The van der Waals surface area contributed by atoms with Crippen molar-refractivity contribution >= 4 is 11.8 Å². The van der Waals surface area contributed by atoms with Crippen molar-refractivity contribution in [2.45, 2.75) is 17.2 Å². The molecule has 0 aliphatic rings. The second-order valence-corrected chi connectivity index (χ2v) is 3.61. The molecule has 1 rings (SSSR count). The first-order chi connectivity index (χ1) is 6.72. The Bertz CT molecular complexity index is 283. The van der Waals surface area contributed by atoms with Crippen molar-refractivity contribution in [3.8, 4) is 0 Å². The van der Waals surface area contributed by atoms with E-state index in [-0.39, 0.29) is 0 Å². The SMILES string of the molecule is CONCc1cccc(SC(F)F)c1. The third kappa shape index (κ3) is 4.04. The number of nitrogens with one attached hydrogen (secondary N) is 1. The van der Waals surface area contributed by atoms with Crippen molar-refractivity contribution in [3.63, 3.8) is 0 Å². The summed E-state index contributed by atoms with van der Waals surface area (Å²) in [7, 11) is 1.51. The van der Waals surface area contributed by atoms with Crippen LogP contribution in [0.4, 0.5) is 8.78 Å². The summed E-state index contributed by atoms with van der Waals surface area (Å²) in [5.74, 6) is -2.37. The van der Waals surface area contributed by atoms with Gasteiger partial charge in [-0.05, 0) is 17.7 Å². The third-order valence-corrected chi connectivity index (χ3v) is 2.25. The molecule has 0 amide bonds. The van der Waals surface area contributed by atoms with Crippen molar-refractivity contribution in [2.24, 2.45) is 0 Å². The van der Waals surface area contributed by atoms with Gasteiger partial charge in [-0.25, -0.2) is 0 Å². The van der Waals surface area contributed by atoms with Gasteiger partial charge in [-0.3, -0.25) is 0 Å². The molecule has 1 aromatic carbocycles. The van der Waals surface area contributed by atoms with Gasteiger partial charge in [0.15, 0.2) is 0 Å². The Balaban J connectivity index is 2.59. The molecule has 14 heavy (non-hydrogen) atoms. The molecule has 0 bridgehead atoms. The van der Waals surface area contributed by atoms with Gasteiger partial charge in [0.1, 0.15) is 0 Å². The molecule has 0 aliphatic carbocycles. The summed E-state index contributed by atoms with van der Waals surface area (Å²) >= 11 is 0.544. The van der Waals surface area contributed by atoms with Gasteiger partial charge < -0.3 is 4.84 Å².